The second-order valence-electron chi connectivity index (χ2n) is 2.70. The van der Waals surface area contributed by atoms with Gasteiger partial charge in [0.2, 0.25) is 0 Å². The summed E-state index contributed by atoms with van der Waals surface area (Å²) in [6.07, 6.45) is 0.572. The number of hydrogen-bond donors (Lipinski definition) is 2. The first kappa shape index (κ1) is 10.8. The third-order valence-electron chi connectivity index (χ3n) is 1.35. The minimum absolute atomic E-state index is 0.206. The molecule has 68 valence electrons. The van der Waals surface area contributed by atoms with E-state index in [2.05, 4.69) is 4.18 Å². The molecule has 0 aromatic heterocycles. The van der Waals surface area contributed by atoms with Crippen molar-refractivity contribution in [2.45, 2.75) is 25.8 Å². The molecule has 1 unspecified atom stereocenters. The lowest BCUT2D eigenvalue weighted by atomic mass is 10.0. The predicted octanol–water partition coefficient (Wildman–Crippen LogP) is -0.0668. The molecule has 6 heteroatoms. The van der Waals surface area contributed by atoms with E-state index in [0.29, 0.717) is 6.42 Å². The number of nitrogens with two attached hydrogens (primary N) is 1. The second-order valence-corrected chi connectivity index (χ2v) is 3.79. The molecule has 0 rings (SSSR count). The lowest BCUT2D eigenvalue weighted by Gasteiger charge is -2.20. The summed E-state index contributed by atoms with van der Waals surface area (Å²) >= 11 is 0. The van der Waals surface area contributed by atoms with Crippen molar-refractivity contribution in [3.05, 3.63) is 0 Å². The number of hydrogen-bond acceptors (Lipinski definition) is 4. The van der Waals surface area contributed by atoms with E-state index in [1.165, 1.54) is 0 Å². The Morgan fingerprint density at radius 3 is 2.36 bits per heavy atom. The molecular weight excluding hydrogens is 170 g/mol. The molecule has 0 fully saturated rings. The van der Waals surface area contributed by atoms with Crippen molar-refractivity contribution in [1.29, 1.82) is 0 Å². The Kier molecular flexibility index (Phi) is 3.43. The monoisotopic (exact) mass is 183 g/mol. The fraction of sp³-hybridized carbons (Fsp3) is 1.00. The van der Waals surface area contributed by atoms with Crippen LogP contribution < -0.4 is 5.73 Å². The van der Waals surface area contributed by atoms with E-state index in [4.69, 9.17) is 10.3 Å². The van der Waals surface area contributed by atoms with Crippen LogP contribution in [-0.4, -0.2) is 25.1 Å². The van der Waals surface area contributed by atoms with Crippen molar-refractivity contribution < 1.29 is 17.2 Å². The van der Waals surface area contributed by atoms with E-state index in [1.807, 2.05) is 0 Å². The summed E-state index contributed by atoms with van der Waals surface area (Å²) in [5, 5.41) is 0. The zero-order valence-corrected chi connectivity index (χ0v) is 7.39. The topological polar surface area (TPSA) is 89.6 Å². The molecule has 5 nitrogen and oxygen atoms in total. The predicted molar refractivity (Wildman–Crippen MR) is 40.4 cm³/mol. The molecule has 0 spiro atoms. The molecule has 0 aliphatic carbocycles. The van der Waals surface area contributed by atoms with Gasteiger partial charge in [0, 0.05) is 5.54 Å². The van der Waals surface area contributed by atoms with E-state index in [0.717, 1.165) is 0 Å². The molecule has 0 aliphatic heterocycles. The maximum Gasteiger partial charge on any atom is 0.397 e. The maximum atomic E-state index is 10.1. The van der Waals surface area contributed by atoms with Gasteiger partial charge in [0.15, 0.2) is 0 Å². The zero-order valence-electron chi connectivity index (χ0n) is 6.57. The van der Waals surface area contributed by atoms with Crippen LogP contribution in [0.25, 0.3) is 0 Å². The van der Waals surface area contributed by atoms with Crippen LogP contribution in [0.5, 0.6) is 0 Å². The molecular formula is C5H13NO4S. The first-order valence-corrected chi connectivity index (χ1v) is 4.54. The lowest BCUT2D eigenvalue weighted by Crippen LogP contribution is -2.41. The standard InChI is InChI=1S/C5H13NO4S/c1-3-5(2,6)4-10-11(7,8)9/h3-4,6H2,1-2H3,(H,7,8,9). The van der Waals surface area contributed by atoms with Crippen LogP contribution in [0.4, 0.5) is 0 Å². The summed E-state index contributed by atoms with van der Waals surface area (Å²) in [7, 11) is -4.35. The molecule has 0 bridgehead atoms. The quantitative estimate of drug-likeness (QED) is 0.595. The first-order chi connectivity index (χ1) is 4.77. The lowest BCUT2D eigenvalue weighted by molar-refractivity contribution is 0.205. The average molecular weight is 183 g/mol. The van der Waals surface area contributed by atoms with Gasteiger partial charge in [0.1, 0.15) is 0 Å². The SMILES string of the molecule is CCC(C)(N)COS(=O)(=O)O. The maximum absolute atomic E-state index is 10.1. The number of rotatable bonds is 4. The van der Waals surface area contributed by atoms with Crippen LogP contribution in [0.1, 0.15) is 20.3 Å². The molecule has 0 radical (unpaired) electrons. The molecule has 3 N–H and O–H groups in total. The van der Waals surface area contributed by atoms with Crippen molar-refractivity contribution in [3.8, 4) is 0 Å². The third-order valence-corrected chi connectivity index (χ3v) is 1.76. The highest BCUT2D eigenvalue weighted by molar-refractivity contribution is 7.80. The van der Waals surface area contributed by atoms with Gasteiger partial charge >= 0.3 is 10.4 Å². The van der Waals surface area contributed by atoms with E-state index >= 15 is 0 Å². The van der Waals surface area contributed by atoms with Gasteiger partial charge in [-0.05, 0) is 13.3 Å². The van der Waals surface area contributed by atoms with Crippen molar-refractivity contribution >= 4 is 10.4 Å². The van der Waals surface area contributed by atoms with Crippen molar-refractivity contribution in [1.82, 2.24) is 0 Å². The van der Waals surface area contributed by atoms with E-state index in [9.17, 15) is 8.42 Å². The molecule has 11 heavy (non-hydrogen) atoms. The summed E-state index contributed by atoms with van der Waals surface area (Å²) in [4.78, 5) is 0. The molecule has 0 heterocycles. The highest BCUT2D eigenvalue weighted by Crippen LogP contribution is 2.05. The Hall–Kier alpha value is -0.170. The van der Waals surface area contributed by atoms with Crippen LogP contribution in [0.2, 0.25) is 0 Å². The molecule has 0 aromatic rings. The first-order valence-electron chi connectivity index (χ1n) is 3.17. The van der Waals surface area contributed by atoms with Crippen molar-refractivity contribution in [3.63, 3.8) is 0 Å². The van der Waals surface area contributed by atoms with E-state index < -0.39 is 15.9 Å². The summed E-state index contributed by atoms with van der Waals surface area (Å²) in [6, 6.07) is 0. The van der Waals surface area contributed by atoms with E-state index in [-0.39, 0.29) is 6.61 Å². The molecule has 0 saturated carbocycles. The van der Waals surface area contributed by atoms with Crippen LogP contribution in [0.15, 0.2) is 0 Å². The minimum atomic E-state index is -4.35. The smallest absolute Gasteiger partial charge is 0.323 e. The summed E-state index contributed by atoms with van der Waals surface area (Å²) in [6.45, 7) is 3.23. The fourth-order valence-electron chi connectivity index (χ4n) is 0.311. The van der Waals surface area contributed by atoms with Crippen molar-refractivity contribution in [2.75, 3.05) is 6.61 Å². The van der Waals surface area contributed by atoms with Gasteiger partial charge < -0.3 is 5.73 Å². The normalized spacial score (nSPS) is 17.8. The summed E-state index contributed by atoms with van der Waals surface area (Å²) in [5.74, 6) is 0. The van der Waals surface area contributed by atoms with Crippen LogP contribution in [0, 0.1) is 0 Å². The summed E-state index contributed by atoms with van der Waals surface area (Å²) < 4.78 is 32.4. The van der Waals surface area contributed by atoms with Gasteiger partial charge in [0.05, 0.1) is 6.61 Å². The largest absolute Gasteiger partial charge is 0.397 e. The highest BCUT2D eigenvalue weighted by Gasteiger charge is 2.19. The van der Waals surface area contributed by atoms with Crippen LogP contribution in [-0.2, 0) is 14.6 Å². The van der Waals surface area contributed by atoms with Gasteiger partial charge in [-0.15, -0.1) is 0 Å². The van der Waals surface area contributed by atoms with Crippen LogP contribution in [0.3, 0.4) is 0 Å². The average Bonchev–Trinajstić information content (AvgIpc) is 1.83. The van der Waals surface area contributed by atoms with Gasteiger partial charge in [-0.25, -0.2) is 4.18 Å². The molecule has 0 amide bonds. The molecule has 1 atom stereocenters. The van der Waals surface area contributed by atoms with E-state index in [1.54, 1.807) is 13.8 Å². The van der Waals surface area contributed by atoms with Gasteiger partial charge in [0.25, 0.3) is 0 Å². The van der Waals surface area contributed by atoms with Gasteiger partial charge in [-0.3, -0.25) is 4.55 Å². The van der Waals surface area contributed by atoms with Crippen LogP contribution >= 0.6 is 0 Å². The third kappa shape index (κ3) is 6.24. The minimum Gasteiger partial charge on any atom is -0.323 e. The fourth-order valence-corrected chi connectivity index (χ4v) is 0.729. The Labute approximate surface area is 66.5 Å². The van der Waals surface area contributed by atoms with Gasteiger partial charge in [-0.1, -0.05) is 6.92 Å². The Balaban J connectivity index is 3.90. The van der Waals surface area contributed by atoms with Gasteiger partial charge in [-0.2, -0.15) is 8.42 Å². The Morgan fingerprint density at radius 2 is 2.09 bits per heavy atom. The Bertz CT molecular complexity index is 209. The molecule has 0 aromatic carbocycles. The molecule has 0 aliphatic rings. The highest BCUT2D eigenvalue weighted by atomic mass is 32.3. The Morgan fingerprint density at radius 1 is 1.64 bits per heavy atom. The zero-order chi connectivity index (χ0) is 9.12. The summed E-state index contributed by atoms with van der Waals surface area (Å²) in [5.41, 5.74) is 4.81. The van der Waals surface area contributed by atoms with Crippen molar-refractivity contribution in [2.24, 2.45) is 5.73 Å². The second kappa shape index (κ2) is 3.48. The molecule has 0 saturated heterocycles.